The zero-order valence-corrected chi connectivity index (χ0v) is 10.4. The summed E-state index contributed by atoms with van der Waals surface area (Å²) in [5.74, 6) is -1.18. The standard InChI is InChI=1S/C13H18N2O3/c1-2-11(14)13(18)15(9-8-12(16)17)10-6-4-3-5-7-10/h3-7,11H,2,8-9,14H2,1H3,(H,16,17)/t11-/m1/s1. The molecule has 1 rings (SSSR count). The van der Waals surface area contributed by atoms with Crippen molar-refractivity contribution in [1.29, 1.82) is 0 Å². The molecule has 0 aliphatic rings. The van der Waals surface area contributed by atoms with Crippen LogP contribution >= 0.6 is 0 Å². The van der Waals surface area contributed by atoms with E-state index in [2.05, 4.69) is 0 Å². The first-order valence-corrected chi connectivity index (χ1v) is 5.90. The van der Waals surface area contributed by atoms with Gasteiger partial charge in [0.25, 0.3) is 0 Å². The van der Waals surface area contributed by atoms with Crippen molar-refractivity contribution in [2.45, 2.75) is 25.8 Å². The minimum absolute atomic E-state index is 0.100. The normalized spacial score (nSPS) is 11.9. The lowest BCUT2D eigenvalue weighted by Gasteiger charge is -2.24. The summed E-state index contributed by atoms with van der Waals surface area (Å²) in [7, 11) is 0. The molecule has 98 valence electrons. The summed E-state index contributed by atoms with van der Waals surface area (Å²) in [5.41, 5.74) is 6.40. The van der Waals surface area contributed by atoms with Crippen LogP contribution < -0.4 is 10.6 Å². The Kier molecular flexibility index (Phi) is 5.32. The number of nitrogens with zero attached hydrogens (tertiary/aromatic N) is 1. The van der Waals surface area contributed by atoms with Crippen LogP contribution in [0, 0.1) is 0 Å². The van der Waals surface area contributed by atoms with Gasteiger partial charge in [0, 0.05) is 12.2 Å². The van der Waals surface area contributed by atoms with Crippen molar-refractivity contribution in [2.75, 3.05) is 11.4 Å². The highest BCUT2D eigenvalue weighted by atomic mass is 16.4. The van der Waals surface area contributed by atoms with E-state index in [0.717, 1.165) is 0 Å². The molecule has 0 radical (unpaired) electrons. The van der Waals surface area contributed by atoms with Gasteiger partial charge in [-0.15, -0.1) is 0 Å². The molecule has 0 aliphatic carbocycles. The zero-order valence-electron chi connectivity index (χ0n) is 10.4. The van der Waals surface area contributed by atoms with Crippen molar-refractivity contribution in [3.63, 3.8) is 0 Å². The Morgan fingerprint density at radius 2 is 1.94 bits per heavy atom. The van der Waals surface area contributed by atoms with Crippen LogP contribution in [0.4, 0.5) is 5.69 Å². The fraction of sp³-hybridized carbons (Fsp3) is 0.385. The molecule has 1 aromatic rings. The SMILES string of the molecule is CC[C@@H](N)C(=O)N(CCC(=O)O)c1ccccc1. The monoisotopic (exact) mass is 250 g/mol. The maximum atomic E-state index is 12.1. The second kappa shape index (κ2) is 6.76. The molecule has 3 N–H and O–H groups in total. The molecule has 0 aliphatic heterocycles. The van der Waals surface area contributed by atoms with Crippen molar-refractivity contribution < 1.29 is 14.7 Å². The molecular formula is C13H18N2O3. The fourth-order valence-corrected chi connectivity index (χ4v) is 1.56. The van der Waals surface area contributed by atoms with Crippen molar-refractivity contribution in [2.24, 2.45) is 5.73 Å². The first-order chi connectivity index (χ1) is 8.56. The number of hydrogen-bond donors (Lipinski definition) is 2. The third-order valence-electron chi connectivity index (χ3n) is 2.64. The number of carboxylic acids is 1. The molecule has 5 heteroatoms. The van der Waals surface area contributed by atoms with Crippen LogP contribution in [0.3, 0.4) is 0 Å². The van der Waals surface area contributed by atoms with Crippen LogP contribution in [0.2, 0.25) is 0 Å². The minimum atomic E-state index is -0.936. The number of amides is 1. The number of anilines is 1. The van der Waals surface area contributed by atoms with Crippen LogP contribution in [0.15, 0.2) is 30.3 Å². The van der Waals surface area contributed by atoms with Crippen molar-refractivity contribution in [1.82, 2.24) is 0 Å². The number of carbonyl (C=O) groups is 2. The van der Waals surface area contributed by atoms with E-state index >= 15 is 0 Å². The van der Waals surface area contributed by atoms with Gasteiger partial charge in [-0.05, 0) is 18.6 Å². The van der Waals surface area contributed by atoms with Crippen LogP contribution in [0.25, 0.3) is 0 Å². The zero-order chi connectivity index (χ0) is 13.5. The first kappa shape index (κ1) is 14.2. The summed E-state index contributed by atoms with van der Waals surface area (Å²) in [6, 6.07) is 8.37. The molecule has 0 unspecified atom stereocenters. The molecule has 0 spiro atoms. The molecule has 18 heavy (non-hydrogen) atoms. The summed E-state index contributed by atoms with van der Waals surface area (Å²) in [5, 5.41) is 8.72. The number of aliphatic carboxylic acids is 1. The van der Waals surface area contributed by atoms with Gasteiger partial charge in [0.05, 0.1) is 12.5 Å². The largest absolute Gasteiger partial charge is 0.481 e. The number of benzene rings is 1. The van der Waals surface area contributed by atoms with E-state index in [0.29, 0.717) is 12.1 Å². The number of para-hydroxylation sites is 1. The Labute approximate surface area is 106 Å². The van der Waals surface area contributed by atoms with E-state index in [1.807, 2.05) is 13.0 Å². The Hall–Kier alpha value is -1.88. The van der Waals surface area contributed by atoms with Crippen molar-refractivity contribution in [3.05, 3.63) is 30.3 Å². The summed E-state index contributed by atoms with van der Waals surface area (Å²) < 4.78 is 0. The van der Waals surface area contributed by atoms with Gasteiger partial charge in [0.1, 0.15) is 0 Å². The lowest BCUT2D eigenvalue weighted by atomic mass is 10.2. The van der Waals surface area contributed by atoms with E-state index in [1.54, 1.807) is 24.3 Å². The quantitative estimate of drug-likeness (QED) is 0.795. The Bertz CT molecular complexity index is 406. The molecule has 0 heterocycles. The Morgan fingerprint density at radius 3 is 2.44 bits per heavy atom. The summed E-state index contributed by atoms with van der Waals surface area (Å²) in [6.45, 7) is 1.95. The van der Waals surface area contributed by atoms with Crippen LogP contribution in [0.5, 0.6) is 0 Å². The molecule has 0 saturated heterocycles. The van der Waals surface area contributed by atoms with Gasteiger partial charge in [0.2, 0.25) is 5.91 Å². The van der Waals surface area contributed by atoms with E-state index in [9.17, 15) is 9.59 Å². The lowest BCUT2D eigenvalue weighted by Crippen LogP contribution is -2.44. The predicted molar refractivity (Wildman–Crippen MR) is 69.3 cm³/mol. The molecule has 1 amide bonds. The summed E-state index contributed by atoms with van der Waals surface area (Å²) >= 11 is 0. The Balaban J connectivity index is 2.88. The first-order valence-electron chi connectivity index (χ1n) is 5.90. The van der Waals surface area contributed by atoms with E-state index < -0.39 is 12.0 Å². The number of nitrogens with two attached hydrogens (primary N) is 1. The second-order valence-electron chi connectivity index (χ2n) is 3.98. The van der Waals surface area contributed by atoms with Gasteiger partial charge in [0.15, 0.2) is 0 Å². The molecule has 5 nitrogen and oxygen atoms in total. The van der Waals surface area contributed by atoms with Gasteiger partial charge in [-0.2, -0.15) is 0 Å². The second-order valence-corrected chi connectivity index (χ2v) is 3.98. The van der Waals surface area contributed by atoms with E-state index in [4.69, 9.17) is 10.8 Å². The highest BCUT2D eigenvalue weighted by Crippen LogP contribution is 2.15. The lowest BCUT2D eigenvalue weighted by molar-refractivity contribution is -0.136. The highest BCUT2D eigenvalue weighted by Gasteiger charge is 2.21. The summed E-state index contributed by atoms with van der Waals surface area (Å²) in [4.78, 5) is 24.2. The molecule has 0 fully saturated rings. The summed E-state index contributed by atoms with van der Waals surface area (Å²) in [6.07, 6.45) is 0.423. The average Bonchev–Trinajstić information content (AvgIpc) is 2.38. The number of carboxylic acid groups (broad SMARTS) is 1. The fourth-order valence-electron chi connectivity index (χ4n) is 1.56. The number of hydrogen-bond acceptors (Lipinski definition) is 3. The smallest absolute Gasteiger partial charge is 0.305 e. The third kappa shape index (κ3) is 3.85. The van der Waals surface area contributed by atoms with Crippen LogP contribution in [-0.2, 0) is 9.59 Å². The number of rotatable bonds is 6. The topological polar surface area (TPSA) is 83.6 Å². The molecular weight excluding hydrogens is 232 g/mol. The van der Waals surface area contributed by atoms with E-state index in [1.165, 1.54) is 4.90 Å². The molecule has 1 atom stereocenters. The molecule has 0 bridgehead atoms. The van der Waals surface area contributed by atoms with Gasteiger partial charge in [-0.25, -0.2) is 0 Å². The average molecular weight is 250 g/mol. The Morgan fingerprint density at radius 1 is 1.33 bits per heavy atom. The van der Waals surface area contributed by atoms with Crippen LogP contribution in [0.1, 0.15) is 19.8 Å². The minimum Gasteiger partial charge on any atom is -0.481 e. The van der Waals surface area contributed by atoms with Gasteiger partial charge in [-0.1, -0.05) is 25.1 Å². The van der Waals surface area contributed by atoms with Gasteiger partial charge >= 0.3 is 5.97 Å². The number of carbonyl (C=O) groups excluding carboxylic acids is 1. The molecule has 1 aromatic carbocycles. The van der Waals surface area contributed by atoms with Gasteiger partial charge in [-0.3, -0.25) is 9.59 Å². The maximum Gasteiger partial charge on any atom is 0.305 e. The highest BCUT2D eigenvalue weighted by molar-refractivity contribution is 5.97. The van der Waals surface area contributed by atoms with Crippen LogP contribution in [-0.4, -0.2) is 29.6 Å². The molecule has 0 saturated carbocycles. The predicted octanol–water partition coefficient (Wildman–Crippen LogP) is 1.23. The van der Waals surface area contributed by atoms with Gasteiger partial charge < -0.3 is 15.7 Å². The molecule has 0 aromatic heterocycles. The van der Waals surface area contributed by atoms with Crippen molar-refractivity contribution >= 4 is 17.6 Å². The van der Waals surface area contributed by atoms with E-state index in [-0.39, 0.29) is 18.9 Å². The maximum absolute atomic E-state index is 12.1. The van der Waals surface area contributed by atoms with Crippen molar-refractivity contribution in [3.8, 4) is 0 Å². The third-order valence-corrected chi connectivity index (χ3v) is 2.64.